The van der Waals surface area contributed by atoms with Gasteiger partial charge >= 0.3 is 0 Å². The van der Waals surface area contributed by atoms with Crippen LogP contribution in [0.15, 0.2) is 24.3 Å². The molecule has 1 aromatic heterocycles. The van der Waals surface area contributed by atoms with Gasteiger partial charge in [-0.3, -0.25) is 4.90 Å². The quantitative estimate of drug-likeness (QED) is 0.777. The smallest absolute Gasteiger partial charge is 0.136 e. The van der Waals surface area contributed by atoms with Crippen molar-refractivity contribution in [1.29, 1.82) is 0 Å². The zero-order valence-corrected chi connectivity index (χ0v) is 18.6. The van der Waals surface area contributed by atoms with Crippen molar-refractivity contribution in [2.75, 3.05) is 37.6 Å². The van der Waals surface area contributed by atoms with Crippen molar-refractivity contribution in [3.63, 3.8) is 0 Å². The third-order valence-electron chi connectivity index (χ3n) is 5.87. The molecule has 0 bridgehead atoms. The average Bonchev–Trinajstić information content (AvgIpc) is 2.69. The largest absolute Gasteiger partial charge is 0.392 e. The number of hydrogen-bond donors (Lipinski definition) is 1. The topological polar surface area (TPSA) is 52.5 Å². The summed E-state index contributed by atoms with van der Waals surface area (Å²) in [6.45, 7) is 15.0. The minimum Gasteiger partial charge on any atom is -0.392 e. The second kappa shape index (κ2) is 9.68. The molecule has 5 nitrogen and oxygen atoms in total. The van der Waals surface area contributed by atoms with Gasteiger partial charge in [0.15, 0.2) is 0 Å². The van der Waals surface area contributed by atoms with Crippen LogP contribution in [0.4, 0.5) is 5.82 Å². The van der Waals surface area contributed by atoms with Crippen LogP contribution < -0.4 is 4.90 Å². The molecular weight excluding hydrogens is 360 g/mol. The lowest BCUT2D eigenvalue weighted by atomic mass is 10.0. The first-order valence-electron chi connectivity index (χ1n) is 10.9. The maximum Gasteiger partial charge on any atom is 0.136 e. The minimum absolute atomic E-state index is 0.258. The van der Waals surface area contributed by atoms with Crippen LogP contribution in [0.2, 0.25) is 0 Å². The van der Waals surface area contributed by atoms with Gasteiger partial charge < -0.3 is 10.0 Å². The minimum atomic E-state index is -0.258. The zero-order chi connectivity index (χ0) is 21.0. The second-order valence-corrected chi connectivity index (χ2v) is 8.64. The number of nitrogens with zero attached hydrogens (tertiary/aromatic N) is 4. The number of β-amino-alcohol motifs (C(OH)–C–C–N with tert-alkyl or cyclic N) is 1. The van der Waals surface area contributed by atoms with Crippen LogP contribution in [0.25, 0.3) is 0 Å². The summed E-state index contributed by atoms with van der Waals surface area (Å²) in [5, 5.41) is 10.2. The highest BCUT2D eigenvalue weighted by molar-refractivity contribution is 5.52. The third kappa shape index (κ3) is 5.55. The Labute approximate surface area is 175 Å². The van der Waals surface area contributed by atoms with Crippen molar-refractivity contribution in [2.24, 2.45) is 5.92 Å². The Hall–Kier alpha value is -1.98. The summed E-state index contributed by atoms with van der Waals surface area (Å²) >= 11 is 0. The van der Waals surface area contributed by atoms with Crippen molar-refractivity contribution >= 4 is 5.82 Å². The molecule has 1 aliphatic rings. The summed E-state index contributed by atoms with van der Waals surface area (Å²) in [6.07, 6.45) is 1.52. The number of rotatable bonds is 7. The van der Waals surface area contributed by atoms with Gasteiger partial charge in [-0.05, 0) is 31.7 Å². The molecule has 0 saturated carbocycles. The SMILES string of the molecule is CCc1nc(C)nc(N2CCN(CC(O)C(C)C)CC2)c1Cc1cccc(C)c1. The van der Waals surface area contributed by atoms with Crippen LogP contribution in [0, 0.1) is 19.8 Å². The lowest BCUT2D eigenvalue weighted by molar-refractivity contribution is 0.0738. The number of anilines is 1. The van der Waals surface area contributed by atoms with Gasteiger partial charge in [0.1, 0.15) is 11.6 Å². The lowest BCUT2D eigenvalue weighted by Gasteiger charge is -2.37. The van der Waals surface area contributed by atoms with E-state index in [1.54, 1.807) is 0 Å². The van der Waals surface area contributed by atoms with Crippen molar-refractivity contribution < 1.29 is 5.11 Å². The fraction of sp³-hybridized carbons (Fsp3) is 0.583. The van der Waals surface area contributed by atoms with E-state index >= 15 is 0 Å². The number of benzene rings is 1. The van der Waals surface area contributed by atoms with Gasteiger partial charge in [-0.25, -0.2) is 9.97 Å². The molecule has 1 fully saturated rings. The van der Waals surface area contributed by atoms with Crippen LogP contribution >= 0.6 is 0 Å². The van der Waals surface area contributed by atoms with Gasteiger partial charge in [-0.2, -0.15) is 0 Å². The van der Waals surface area contributed by atoms with E-state index in [1.807, 2.05) is 6.92 Å². The maximum atomic E-state index is 10.2. The van der Waals surface area contributed by atoms with E-state index in [4.69, 9.17) is 9.97 Å². The van der Waals surface area contributed by atoms with Gasteiger partial charge in [-0.1, -0.05) is 50.6 Å². The van der Waals surface area contributed by atoms with E-state index in [2.05, 4.69) is 61.8 Å². The van der Waals surface area contributed by atoms with E-state index < -0.39 is 0 Å². The van der Waals surface area contributed by atoms with Gasteiger partial charge in [0.05, 0.1) is 6.10 Å². The molecule has 2 aromatic rings. The molecule has 158 valence electrons. The van der Waals surface area contributed by atoms with Crippen LogP contribution in [-0.2, 0) is 12.8 Å². The Balaban J connectivity index is 1.81. The highest BCUT2D eigenvalue weighted by atomic mass is 16.3. The molecule has 1 N–H and O–H groups in total. The van der Waals surface area contributed by atoms with Gasteiger partial charge in [0.25, 0.3) is 0 Å². The Bertz CT molecular complexity index is 813. The van der Waals surface area contributed by atoms with Crippen LogP contribution in [0.1, 0.15) is 49.0 Å². The second-order valence-electron chi connectivity index (χ2n) is 8.64. The van der Waals surface area contributed by atoms with E-state index in [1.165, 1.54) is 16.7 Å². The fourth-order valence-electron chi connectivity index (χ4n) is 4.02. The normalized spacial score (nSPS) is 16.4. The summed E-state index contributed by atoms with van der Waals surface area (Å²) in [6, 6.07) is 8.72. The molecule has 1 unspecified atom stereocenters. The zero-order valence-electron chi connectivity index (χ0n) is 18.6. The number of aromatic nitrogens is 2. The van der Waals surface area contributed by atoms with Crippen LogP contribution in [0.5, 0.6) is 0 Å². The van der Waals surface area contributed by atoms with Crippen LogP contribution in [-0.4, -0.2) is 58.8 Å². The summed E-state index contributed by atoms with van der Waals surface area (Å²) in [5.74, 6) is 2.24. The molecule has 0 spiro atoms. The number of aryl methyl sites for hydroxylation is 3. The van der Waals surface area contributed by atoms with E-state index in [9.17, 15) is 5.11 Å². The van der Waals surface area contributed by atoms with Gasteiger partial charge in [0, 0.05) is 50.4 Å². The monoisotopic (exact) mass is 396 g/mol. The fourth-order valence-corrected chi connectivity index (χ4v) is 4.02. The number of piperazine rings is 1. The van der Waals surface area contributed by atoms with E-state index in [0.717, 1.165) is 62.9 Å². The summed E-state index contributed by atoms with van der Waals surface area (Å²) < 4.78 is 0. The molecule has 0 amide bonds. The first-order valence-corrected chi connectivity index (χ1v) is 10.9. The molecule has 3 rings (SSSR count). The average molecular weight is 397 g/mol. The molecule has 0 radical (unpaired) electrons. The highest BCUT2D eigenvalue weighted by Crippen LogP contribution is 2.26. The Morgan fingerprint density at radius 1 is 1.07 bits per heavy atom. The van der Waals surface area contributed by atoms with Gasteiger partial charge in [-0.15, -0.1) is 0 Å². The first kappa shape index (κ1) is 21.7. The Morgan fingerprint density at radius 2 is 1.79 bits per heavy atom. The predicted octanol–water partition coefficient (Wildman–Crippen LogP) is 3.39. The van der Waals surface area contributed by atoms with Crippen molar-refractivity contribution in [2.45, 2.75) is 53.6 Å². The molecule has 0 aliphatic carbocycles. The number of hydrogen-bond acceptors (Lipinski definition) is 5. The lowest BCUT2D eigenvalue weighted by Crippen LogP contribution is -2.49. The third-order valence-corrected chi connectivity index (χ3v) is 5.87. The first-order chi connectivity index (χ1) is 13.9. The molecule has 29 heavy (non-hydrogen) atoms. The molecule has 1 atom stereocenters. The van der Waals surface area contributed by atoms with Gasteiger partial charge in [0.2, 0.25) is 0 Å². The molecule has 1 aliphatic heterocycles. The molecule has 5 heteroatoms. The summed E-state index contributed by atoms with van der Waals surface area (Å²) in [7, 11) is 0. The standard InChI is InChI=1S/C24H36N4O/c1-6-22-21(15-20-9-7-8-18(4)14-20)24(26-19(5)25-22)28-12-10-27(11-13-28)16-23(29)17(2)3/h7-9,14,17,23,29H,6,10-13,15-16H2,1-5H3. The van der Waals surface area contributed by atoms with Crippen LogP contribution in [0.3, 0.4) is 0 Å². The molecule has 1 aromatic carbocycles. The van der Waals surface area contributed by atoms with Crippen molar-refractivity contribution in [3.8, 4) is 0 Å². The highest BCUT2D eigenvalue weighted by Gasteiger charge is 2.24. The van der Waals surface area contributed by atoms with E-state index in [0.29, 0.717) is 5.92 Å². The summed E-state index contributed by atoms with van der Waals surface area (Å²) in [4.78, 5) is 14.4. The Kier molecular flexibility index (Phi) is 7.25. The Morgan fingerprint density at radius 3 is 2.41 bits per heavy atom. The predicted molar refractivity (Wildman–Crippen MR) is 120 cm³/mol. The molecular formula is C24H36N4O. The molecule has 2 heterocycles. The number of aliphatic hydroxyl groups is 1. The number of aliphatic hydroxyl groups excluding tert-OH is 1. The van der Waals surface area contributed by atoms with E-state index in [-0.39, 0.29) is 6.10 Å². The van der Waals surface area contributed by atoms with Crippen molar-refractivity contribution in [1.82, 2.24) is 14.9 Å². The summed E-state index contributed by atoms with van der Waals surface area (Å²) in [5.41, 5.74) is 5.02. The molecule has 1 saturated heterocycles. The maximum absolute atomic E-state index is 10.2. The van der Waals surface area contributed by atoms with Crippen molar-refractivity contribution in [3.05, 3.63) is 52.5 Å².